The van der Waals surface area contributed by atoms with Gasteiger partial charge in [-0.3, -0.25) is 4.90 Å². The Morgan fingerprint density at radius 1 is 1.12 bits per heavy atom. The molecule has 0 saturated carbocycles. The van der Waals surface area contributed by atoms with Crippen LogP contribution in [0.5, 0.6) is 0 Å². The molecule has 1 aromatic heterocycles. The van der Waals surface area contributed by atoms with Crippen molar-refractivity contribution in [1.29, 1.82) is 0 Å². The first-order valence-electron chi connectivity index (χ1n) is 7.94. The quantitative estimate of drug-likeness (QED) is 0.750. The minimum atomic E-state index is -3.46. The lowest BCUT2D eigenvalue weighted by Crippen LogP contribution is -2.48. The second-order valence-electron chi connectivity index (χ2n) is 5.74. The van der Waals surface area contributed by atoms with Crippen molar-refractivity contribution in [3.05, 3.63) is 54.0 Å². The van der Waals surface area contributed by atoms with Crippen molar-refractivity contribution >= 4 is 16.0 Å². The summed E-state index contributed by atoms with van der Waals surface area (Å²) < 4.78 is 36.8. The number of benzene rings is 1. The molecule has 0 bridgehead atoms. The van der Waals surface area contributed by atoms with Gasteiger partial charge in [-0.25, -0.2) is 13.2 Å². The van der Waals surface area contributed by atoms with Crippen LogP contribution in [0, 0.1) is 0 Å². The molecular weight excluding hydrogens is 344 g/mol. The first kappa shape index (κ1) is 17.7. The number of nitrogens with zero attached hydrogens (tertiary/aromatic N) is 2. The van der Waals surface area contributed by atoms with Crippen molar-refractivity contribution in [2.75, 3.05) is 33.3 Å². The largest absolute Gasteiger partial charge is 0.467 e. The lowest BCUT2D eigenvalue weighted by atomic mass is 10.2. The van der Waals surface area contributed by atoms with Gasteiger partial charge in [0.25, 0.3) is 0 Å². The van der Waals surface area contributed by atoms with Gasteiger partial charge in [0.2, 0.25) is 10.0 Å². The SMILES string of the molecule is COC(=O)c1ccoc1CN1CCN(S(=O)(=O)c2ccccc2)CC1. The van der Waals surface area contributed by atoms with Crippen molar-refractivity contribution in [2.45, 2.75) is 11.4 Å². The lowest BCUT2D eigenvalue weighted by Gasteiger charge is -2.33. The third-order valence-corrected chi connectivity index (χ3v) is 6.14. The summed E-state index contributed by atoms with van der Waals surface area (Å²) in [5.41, 5.74) is 0.404. The molecule has 1 saturated heterocycles. The van der Waals surface area contributed by atoms with Crippen molar-refractivity contribution in [3.63, 3.8) is 0 Å². The van der Waals surface area contributed by atoms with E-state index in [1.54, 1.807) is 36.4 Å². The summed E-state index contributed by atoms with van der Waals surface area (Å²) in [5.74, 6) is 0.0975. The number of hydrogen-bond acceptors (Lipinski definition) is 6. The van der Waals surface area contributed by atoms with Crippen LogP contribution >= 0.6 is 0 Å². The van der Waals surface area contributed by atoms with Crippen LogP contribution in [-0.2, 0) is 21.3 Å². The highest BCUT2D eigenvalue weighted by atomic mass is 32.2. The number of carbonyl (C=O) groups excluding carboxylic acids is 1. The molecule has 25 heavy (non-hydrogen) atoms. The second-order valence-corrected chi connectivity index (χ2v) is 7.68. The lowest BCUT2D eigenvalue weighted by molar-refractivity contribution is 0.0595. The van der Waals surface area contributed by atoms with E-state index in [4.69, 9.17) is 9.15 Å². The number of hydrogen-bond donors (Lipinski definition) is 0. The molecule has 2 aromatic rings. The Kier molecular flexibility index (Phi) is 5.22. The highest BCUT2D eigenvalue weighted by molar-refractivity contribution is 7.89. The van der Waals surface area contributed by atoms with Crippen LogP contribution in [0.3, 0.4) is 0 Å². The van der Waals surface area contributed by atoms with Gasteiger partial charge in [-0.2, -0.15) is 4.31 Å². The Bertz CT molecular complexity index is 824. The van der Waals surface area contributed by atoms with Gasteiger partial charge in [-0.1, -0.05) is 18.2 Å². The predicted molar refractivity (Wildman–Crippen MR) is 90.5 cm³/mol. The first-order chi connectivity index (χ1) is 12.0. The summed E-state index contributed by atoms with van der Waals surface area (Å²) in [6.07, 6.45) is 1.46. The molecule has 0 aliphatic carbocycles. The van der Waals surface area contributed by atoms with Crippen LogP contribution in [0.15, 0.2) is 52.0 Å². The van der Waals surface area contributed by atoms with Gasteiger partial charge in [0, 0.05) is 26.2 Å². The van der Waals surface area contributed by atoms with E-state index in [1.165, 1.54) is 17.7 Å². The van der Waals surface area contributed by atoms with E-state index in [0.717, 1.165) is 0 Å². The number of ether oxygens (including phenoxy) is 1. The van der Waals surface area contributed by atoms with Gasteiger partial charge < -0.3 is 9.15 Å². The number of furan rings is 1. The third-order valence-electron chi connectivity index (χ3n) is 4.23. The highest BCUT2D eigenvalue weighted by Crippen LogP contribution is 2.19. The number of sulfonamides is 1. The van der Waals surface area contributed by atoms with E-state index in [1.807, 2.05) is 0 Å². The van der Waals surface area contributed by atoms with E-state index in [9.17, 15) is 13.2 Å². The molecule has 3 rings (SSSR count). The molecule has 0 atom stereocenters. The van der Waals surface area contributed by atoms with Gasteiger partial charge in [-0.05, 0) is 18.2 Å². The number of piperazine rings is 1. The summed E-state index contributed by atoms with van der Waals surface area (Å²) in [6.45, 7) is 2.36. The van der Waals surface area contributed by atoms with Crippen LogP contribution in [0.2, 0.25) is 0 Å². The summed E-state index contributed by atoms with van der Waals surface area (Å²) in [4.78, 5) is 14.1. The van der Waals surface area contributed by atoms with Crippen LogP contribution < -0.4 is 0 Å². The number of carbonyl (C=O) groups is 1. The maximum atomic E-state index is 12.6. The zero-order valence-electron chi connectivity index (χ0n) is 13.9. The van der Waals surface area contributed by atoms with Crippen molar-refractivity contribution in [3.8, 4) is 0 Å². The normalized spacial score (nSPS) is 16.7. The van der Waals surface area contributed by atoms with Crippen LogP contribution in [0.25, 0.3) is 0 Å². The molecule has 1 fully saturated rings. The average molecular weight is 364 g/mol. The average Bonchev–Trinajstić information content (AvgIpc) is 3.10. The number of esters is 1. The van der Waals surface area contributed by atoms with Gasteiger partial charge >= 0.3 is 5.97 Å². The van der Waals surface area contributed by atoms with E-state index in [-0.39, 0.29) is 0 Å². The monoisotopic (exact) mass is 364 g/mol. The summed E-state index contributed by atoms with van der Waals surface area (Å²) in [5, 5.41) is 0. The molecule has 1 aliphatic rings. The Morgan fingerprint density at radius 2 is 1.80 bits per heavy atom. The fraction of sp³-hybridized carbons (Fsp3) is 0.353. The molecule has 1 aliphatic heterocycles. The van der Waals surface area contributed by atoms with E-state index in [2.05, 4.69) is 4.90 Å². The second kappa shape index (κ2) is 7.38. The van der Waals surface area contributed by atoms with Crippen LogP contribution in [0.4, 0.5) is 0 Å². The molecule has 1 aromatic carbocycles. The van der Waals surface area contributed by atoms with Gasteiger partial charge in [-0.15, -0.1) is 0 Å². The number of rotatable bonds is 5. The highest BCUT2D eigenvalue weighted by Gasteiger charge is 2.29. The Balaban J connectivity index is 1.63. The van der Waals surface area contributed by atoms with Gasteiger partial charge in [0.1, 0.15) is 11.3 Å². The maximum absolute atomic E-state index is 12.6. The summed E-state index contributed by atoms with van der Waals surface area (Å²) in [6, 6.07) is 10.0. The fourth-order valence-corrected chi connectivity index (χ4v) is 4.27. The zero-order chi connectivity index (χ0) is 17.9. The Hall–Kier alpha value is -2.16. The molecule has 2 heterocycles. The zero-order valence-corrected chi connectivity index (χ0v) is 14.7. The van der Waals surface area contributed by atoms with E-state index in [0.29, 0.717) is 48.9 Å². The summed E-state index contributed by atoms with van der Waals surface area (Å²) >= 11 is 0. The molecule has 134 valence electrons. The number of methoxy groups -OCH3 is 1. The molecule has 0 unspecified atom stereocenters. The van der Waals surface area contributed by atoms with Gasteiger partial charge in [0.15, 0.2) is 0 Å². The summed E-state index contributed by atoms with van der Waals surface area (Å²) in [7, 11) is -2.14. The standard InChI is InChI=1S/C17H20N2O5S/c1-23-17(20)15-7-12-24-16(15)13-18-8-10-19(11-9-18)25(21,22)14-5-3-2-4-6-14/h2-7,12H,8-11,13H2,1H3. The predicted octanol–water partition coefficient (Wildman–Crippen LogP) is 1.57. The van der Waals surface area contributed by atoms with E-state index >= 15 is 0 Å². The van der Waals surface area contributed by atoms with Crippen molar-refractivity contribution in [1.82, 2.24) is 9.21 Å². The van der Waals surface area contributed by atoms with Crippen LogP contribution in [0.1, 0.15) is 16.1 Å². The molecule has 8 heteroatoms. The smallest absolute Gasteiger partial charge is 0.341 e. The maximum Gasteiger partial charge on any atom is 0.341 e. The molecule has 0 spiro atoms. The molecule has 0 amide bonds. The van der Waals surface area contributed by atoms with Crippen LogP contribution in [-0.4, -0.2) is 56.9 Å². The molecule has 7 nitrogen and oxygen atoms in total. The topological polar surface area (TPSA) is 80.1 Å². The van der Waals surface area contributed by atoms with Crippen molar-refractivity contribution < 1.29 is 22.4 Å². The molecule has 0 radical (unpaired) electrons. The first-order valence-corrected chi connectivity index (χ1v) is 9.38. The van der Waals surface area contributed by atoms with E-state index < -0.39 is 16.0 Å². The minimum absolute atomic E-state index is 0.308. The Morgan fingerprint density at radius 3 is 2.44 bits per heavy atom. The third kappa shape index (κ3) is 3.76. The minimum Gasteiger partial charge on any atom is -0.467 e. The fourth-order valence-electron chi connectivity index (χ4n) is 2.83. The molecule has 0 N–H and O–H groups in total. The Labute approximate surface area is 146 Å². The van der Waals surface area contributed by atoms with Gasteiger partial charge in [0.05, 0.1) is 24.8 Å². The molecular formula is C17H20N2O5S. The van der Waals surface area contributed by atoms with Crippen molar-refractivity contribution in [2.24, 2.45) is 0 Å².